The predicted octanol–water partition coefficient (Wildman–Crippen LogP) is 1.90. The largest absolute Gasteiger partial charge is 0.476 e. The molecule has 2 rings (SSSR count). The Morgan fingerprint density at radius 3 is 2.71 bits per heavy atom. The molecule has 21 heavy (non-hydrogen) atoms. The number of carboxylic acids is 1. The number of nitrogens with one attached hydrogen (secondary N) is 1. The van der Waals surface area contributed by atoms with E-state index in [1.54, 1.807) is 24.3 Å². The molecule has 1 aromatic carbocycles. The summed E-state index contributed by atoms with van der Waals surface area (Å²) in [6, 6.07) is 6.66. The van der Waals surface area contributed by atoms with E-state index in [9.17, 15) is 13.2 Å². The first kappa shape index (κ1) is 15.5. The van der Waals surface area contributed by atoms with Gasteiger partial charge in [-0.25, -0.2) is 18.2 Å². The summed E-state index contributed by atoms with van der Waals surface area (Å²) in [6.45, 7) is 0.471. The van der Waals surface area contributed by atoms with Crippen molar-refractivity contribution in [1.29, 1.82) is 0 Å². The number of benzene rings is 1. The summed E-state index contributed by atoms with van der Waals surface area (Å²) in [7, 11) is -3.29. The average Bonchev–Trinajstić information content (AvgIpc) is 2.87. The second-order valence-electron chi connectivity index (χ2n) is 4.38. The number of thiazole rings is 1. The van der Waals surface area contributed by atoms with Crippen LogP contribution < -0.4 is 5.32 Å². The molecule has 2 aromatic rings. The molecule has 2 N–H and O–H groups in total. The fourth-order valence-corrected chi connectivity index (χ4v) is 3.40. The topological polar surface area (TPSA) is 96.4 Å². The van der Waals surface area contributed by atoms with Crippen molar-refractivity contribution >= 4 is 32.8 Å². The minimum Gasteiger partial charge on any atom is -0.476 e. The Labute approximate surface area is 126 Å². The average molecular weight is 326 g/mol. The molecule has 1 aromatic heterocycles. The van der Waals surface area contributed by atoms with E-state index in [1.165, 1.54) is 16.7 Å². The number of sulfone groups is 1. The number of anilines is 1. The van der Waals surface area contributed by atoms with Crippen LogP contribution in [0.15, 0.2) is 34.5 Å². The zero-order valence-corrected chi connectivity index (χ0v) is 12.9. The molecule has 0 aliphatic rings. The zero-order valence-electron chi connectivity index (χ0n) is 11.2. The second kappa shape index (κ2) is 6.23. The first-order valence-corrected chi connectivity index (χ1v) is 8.85. The van der Waals surface area contributed by atoms with Crippen LogP contribution in [0.25, 0.3) is 0 Å². The van der Waals surface area contributed by atoms with Gasteiger partial charge in [0.2, 0.25) is 0 Å². The van der Waals surface area contributed by atoms with E-state index in [0.29, 0.717) is 23.7 Å². The van der Waals surface area contributed by atoms with Crippen LogP contribution in [-0.2, 0) is 16.3 Å². The highest BCUT2D eigenvalue weighted by Gasteiger charge is 2.12. The summed E-state index contributed by atoms with van der Waals surface area (Å²) in [6.07, 6.45) is 1.68. The summed E-state index contributed by atoms with van der Waals surface area (Å²) in [5.41, 5.74) is 0.571. The Bertz CT molecular complexity index is 753. The lowest BCUT2D eigenvalue weighted by molar-refractivity contribution is 0.0691. The van der Waals surface area contributed by atoms with Gasteiger partial charge < -0.3 is 10.4 Å². The number of rotatable bonds is 6. The number of carbonyl (C=O) groups is 1. The van der Waals surface area contributed by atoms with Crippen molar-refractivity contribution in [3.8, 4) is 0 Å². The number of nitrogens with zero attached hydrogens (tertiary/aromatic N) is 1. The SMILES string of the molecule is CS(=O)(=O)c1ccccc1NCCc1nc(C(=O)O)cs1. The van der Waals surface area contributed by atoms with Crippen LogP contribution in [0, 0.1) is 0 Å². The van der Waals surface area contributed by atoms with Crippen molar-refractivity contribution in [3.63, 3.8) is 0 Å². The van der Waals surface area contributed by atoms with Crippen LogP contribution in [0.2, 0.25) is 0 Å². The minimum atomic E-state index is -3.29. The molecule has 0 aliphatic heterocycles. The second-order valence-corrected chi connectivity index (χ2v) is 7.30. The highest BCUT2D eigenvalue weighted by Crippen LogP contribution is 2.20. The number of carboxylic acid groups (broad SMARTS) is 1. The van der Waals surface area contributed by atoms with E-state index in [2.05, 4.69) is 10.3 Å². The molecule has 1 heterocycles. The summed E-state index contributed by atoms with van der Waals surface area (Å²) < 4.78 is 23.3. The lowest BCUT2D eigenvalue weighted by atomic mass is 10.3. The molecule has 0 spiro atoms. The van der Waals surface area contributed by atoms with Gasteiger partial charge in [-0.2, -0.15) is 0 Å². The number of para-hydroxylation sites is 1. The van der Waals surface area contributed by atoms with E-state index in [-0.39, 0.29) is 10.6 Å². The van der Waals surface area contributed by atoms with Crippen LogP contribution in [0.5, 0.6) is 0 Å². The lowest BCUT2D eigenvalue weighted by Crippen LogP contribution is -2.09. The van der Waals surface area contributed by atoms with Crippen LogP contribution in [0.3, 0.4) is 0 Å². The molecular weight excluding hydrogens is 312 g/mol. The molecule has 0 aliphatic carbocycles. The number of aromatic carboxylic acids is 1. The molecule has 8 heteroatoms. The fraction of sp³-hybridized carbons (Fsp3) is 0.231. The maximum Gasteiger partial charge on any atom is 0.355 e. The zero-order chi connectivity index (χ0) is 15.5. The van der Waals surface area contributed by atoms with Crippen molar-refractivity contribution in [2.75, 3.05) is 18.1 Å². The van der Waals surface area contributed by atoms with Gasteiger partial charge in [-0.1, -0.05) is 12.1 Å². The Morgan fingerprint density at radius 2 is 2.10 bits per heavy atom. The van der Waals surface area contributed by atoms with E-state index >= 15 is 0 Å². The first-order chi connectivity index (χ1) is 9.88. The molecular formula is C13H14N2O4S2. The molecule has 112 valence electrons. The Kier molecular flexibility index (Phi) is 4.59. The first-order valence-electron chi connectivity index (χ1n) is 6.08. The smallest absolute Gasteiger partial charge is 0.355 e. The molecule has 0 fully saturated rings. The molecule has 0 saturated carbocycles. The van der Waals surface area contributed by atoms with E-state index in [1.807, 2.05) is 0 Å². The monoisotopic (exact) mass is 326 g/mol. The third-order valence-electron chi connectivity index (χ3n) is 2.71. The van der Waals surface area contributed by atoms with E-state index in [4.69, 9.17) is 5.11 Å². The predicted molar refractivity (Wildman–Crippen MR) is 80.8 cm³/mol. The van der Waals surface area contributed by atoms with Crippen molar-refractivity contribution in [3.05, 3.63) is 40.3 Å². The number of aromatic nitrogens is 1. The molecule has 0 bridgehead atoms. The van der Waals surface area contributed by atoms with Crippen LogP contribution in [0.4, 0.5) is 5.69 Å². The normalized spacial score (nSPS) is 11.3. The maximum absolute atomic E-state index is 11.6. The number of hydrogen-bond donors (Lipinski definition) is 2. The third-order valence-corrected chi connectivity index (χ3v) is 4.78. The van der Waals surface area contributed by atoms with E-state index in [0.717, 1.165) is 6.26 Å². The summed E-state index contributed by atoms with van der Waals surface area (Å²) in [4.78, 5) is 14.9. The van der Waals surface area contributed by atoms with Crippen LogP contribution in [0.1, 0.15) is 15.5 Å². The summed E-state index contributed by atoms with van der Waals surface area (Å²) in [5.74, 6) is -1.05. The van der Waals surface area contributed by atoms with Gasteiger partial charge in [-0.05, 0) is 12.1 Å². The van der Waals surface area contributed by atoms with Gasteiger partial charge in [0.15, 0.2) is 15.5 Å². The Hall–Kier alpha value is -1.93. The standard InChI is InChI=1S/C13H14N2O4S2/c1-21(18,19)11-5-3-2-4-9(11)14-7-6-12-15-10(8-20-12)13(16)17/h2-5,8,14H,6-7H2,1H3,(H,16,17). The minimum absolute atomic E-state index is 0.0338. The van der Waals surface area contributed by atoms with Crippen molar-refractivity contribution < 1.29 is 18.3 Å². The third kappa shape index (κ3) is 4.02. The maximum atomic E-state index is 11.6. The molecule has 0 atom stereocenters. The van der Waals surface area contributed by atoms with Gasteiger partial charge >= 0.3 is 5.97 Å². The molecule has 0 saturated heterocycles. The van der Waals surface area contributed by atoms with Gasteiger partial charge in [0.1, 0.15) is 0 Å². The van der Waals surface area contributed by atoms with Gasteiger partial charge in [0, 0.05) is 24.6 Å². The lowest BCUT2D eigenvalue weighted by Gasteiger charge is -2.09. The van der Waals surface area contributed by atoms with Crippen molar-refractivity contribution in [2.24, 2.45) is 0 Å². The van der Waals surface area contributed by atoms with Gasteiger partial charge in [-0.3, -0.25) is 0 Å². The highest BCUT2D eigenvalue weighted by molar-refractivity contribution is 7.90. The Balaban J connectivity index is 2.02. The number of hydrogen-bond acceptors (Lipinski definition) is 6. The van der Waals surface area contributed by atoms with Crippen molar-refractivity contribution in [1.82, 2.24) is 4.98 Å². The molecule has 0 radical (unpaired) electrons. The summed E-state index contributed by atoms with van der Waals surface area (Å²) >= 11 is 1.27. The van der Waals surface area contributed by atoms with Crippen LogP contribution >= 0.6 is 11.3 Å². The van der Waals surface area contributed by atoms with Gasteiger partial charge in [0.25, 0.3) is 0 Å². The quantitative estimate of drug-likeness (QED) is 0.841. The van der Waals surface area contributed by atoms with E-state index < -0.39 is 15.8 Å². The van der Waals surface area contributed by atoms with Gasteiger partial charge in [0.05, 0.1) is 15.6 Å². The highest BCUT2D eigenvalue weighted by atomic mass is 32.2. The molecule has 6 nitrogen and oxygen atoms in total. The van der Waals surface area contributed by atoms with Crippen molar-refractivity contribution in [2.45, 2.75) is 11.3 Å². The van der Waals surface area contributed by atoms with Gasteiger partial charge in [-0.15, -0.1) is 11.3 Å². The molecule has 0 amide bonds. The fourth-order valence-electron chi connectivity index (χ4n) is 1.76. The van der Waals surface area contributed by atoms with Crippen LogP contribution in [-0.4, -0.2) is 37.3 Å². The molecule has 0 unspecified atom stereocenters. The Morgan fingerprint density at radius 1 is 1.38 bits per heavy atom. The summed E-state index contributed by atoms with van der Waals surface area (Å²) in [5, 5.41) is 14.0.